The lowest BCUT2D eigenvalue weighted by molar-refractivity contribution is -0.122. The second-order valence-corrected chi connectivity index (χ2v) is 6.07. The number of amides is 1. The monoisotopic (exact) mass is 266 g/mol. The SMILES string of the molecule is NCC1CCCCC1NC(=O)CCc1cccs1. The lowest BCUT2D eigenvalue weighted by atomic mass is 9.84. The number of hydrogen-bond acceptors (Lipinski definition) is 3. The minimum absolute atomic E-state index is 0.175. The van der Waals surface area contributed by atoms with Gasteiger partial charge in [0.05, 0.1) is 0 Å². The molecule has 0 aliphatic heterocycles. The predicted octanol–water partition coefficient (Wildman–Crippen LogP) is 2.31. The second-order valence-electron chi connectivity index (χ2n) is 5.03. The summed E-state index contributed by atoms with van der Waals surface area (Å²) in [6.07, 6.45) is 6.16. The fourth-order valence-electron chi connectivity index (χ4n) is 2.65. The van der Waals surface area contributed by atoms with Gasteiger partial charge in [-0.05, 0) is 43.2 Å². The molecular formula is C14H22N2OS. The normalized spacial score (nSPS) is 23.8. The summed E-state index contributed by atoms with van der Waals surface area (Å²) in [6, 6.07) is 4.42. The molecule has 1 aliphatic rings. The van der Waals surface area contributed by atoms with Gasteiger partial charge in [-0.2, -0.15) is 0 Å². The Morgan fingerprint density at radius 3 is 3.00 bits per heavy atom. The Bertz CT molecular complexity index is 364. The van der Waals surface area contributed by atoms with Crippen molar-refractivity contribution >= 4 is 17.2 Å². The van der Waals surface area contributed by atoms with E-state index in [1.807, 2.05) is 6.07 Å². The first-order chi connectivity index (χ1) is 8.79. The molecule has 2 rings (SSSR count). The van der Waals surface area contributed by atoms with Crippen LogP contribution in [0.25, 0.3) is 0 Å². The zero-order chi connectivity index (χ0) is 12.8. The van der Waals surface area contributed by atoms with Crippen molar-refractivity contribution < 1.29 is 4.79 Å². The Kier molecular flexibility index (Phi) is 5.20. The average Bonchev–Trinajstić information content (AvgIpc) is 2.90. The number of rotatable bonds is 5. The summed E-state index contributed by atoms with van der Waals surface area (Å²) in [7, 11) is 0. The van der Waals surface area contributed by atoms with Gasteiger partial charge >= 0.3 is 0 Å². The number of carbonyl (C=O) groups excluding carboxylic acids is 1. The van der Waals surface area contributed by atoms with Crippen LogP contribution in [0, 0.1) is 5.92 Å². The fraction of sp³-hybridized carbons (Fsp3) is 0.643. The van der Waals surface area contributed by atoms with E-state index in [0.717, 1.165) is 19.3 Å². The van der Waals surface area contributed by atoms with Crippen molar-refractivity contribution in [2.75, 3.05) is 6.54 Å². The number of hydrogen-bond donors (Lipinski definition) is 2. The molecule has 1 fully saturated rings. The highest BCUT2D eigenvalue weighted by Crippen LogP contribution is 2.23. The Balaban J connectivity index is 1.75. The third-order valence-electron chi connectivity index (χ3n) is 3.74. The largest absolute Gasteiger partial charge is 0.353 e. The van der Waals surface area contributed by atoms with E-state index in [4.69, 9.17) is 5.73 Å². The summed E-state index contributed by atoms with van der Waals surface area (Å²) in [5.74, 6) is 0.651. The van der Waals surface area contributed by atoms with Gasteiger partial charge in [0.25, 0.3) is 0 Å². The van der Waals surface area contributed by atoms with Crippen molar-refractivity contribution in [1.82, 2.24) is 5.32 Å². The Hall–Kier alpha value is -0.870. The van der Waals surface area contributed by atoms with Crippen molar-refractivity contribution in [2.24, 2.45) is 11.7 Å². The molecule has 1 aliphatic carbocycles. The van der Waals surface area contributed by atoms with Crippen LogP contribution in [-0.2, 0) is 11.2 Å². The van der Waals surface area contributed by atoms with Gasteiger partial charge in [-0.1, -0.05) is 18.9 Å². The Labute approximate surface area is 113 Å². The molecule has 1 heterocycles. The van der Waals surface area contributed by atoms with Gasteiger partial charge in [0.2, 0.25) is 5.91 Å². The van der Waals surface area contributed by atoms with Crippen molar-refractivity contribution in [2.45, 2.75) is 44.6 Å². The molecule has 3 nitrogen and oxygen atoms in total. The van der Waals surface area contributed by atoms with Crippen LogP contribution in [0.5, 0.6) is 0 Å². The van der Waals surface area contributed by atoms with Crippen molar-refractivity contribution in [3.63, 3.8) is 0 Å². The highest BCUT2D eigenvalue weighted by Gasteiger charge is 2.24. The van der Waals surface area contributed by atoms with Gasteiger partial charge in [0, 0.05) is 17.3 Å². The summed E-state index contributed by atoms with van der Waals surface area (Å²) in [5, 5.41) is 5.22. The van der Waals surface area contributed by atoms with Gasteiger partial charge in [0.15, 0.2) is 0 Å². The molecule has 1 aromatic rings. The molecule has 3 N–H and O–H groups in total. The highest BCUT2D eigenvalue weighted by molar-refractivity contribution is 7.09. The summed E-state index contributed by atoms with van der Waals surface area (Å²) in [6.45, 7) is 0.690. The van der Waals surface area contributed by atoms with E-state index < -0.39 is 0 Å². The Morgan fingerprint density at radius 1 is 1.44 bits per heavy atom. The van der Waals surface area contributed by atoms with E-state index in [1.54, 1.807) is 11.3 Å². The molecule has 0 aromatic carbocycles. The predicted molar refractivity (Wildman–Crippen MR) is 75.6 cm³/mol. The van der Waals surface area contributed by atoms with E-state index in [-0.39, 0.29) is 5.91 Å². The maximum Gasteiger partial charge on any atom is 0.220 e. The average molecular weight is 266 g/mol. The van der Waals surface area contributed by atoms with E-state index in [1.165, 1.54) is 17.7 Å². The van der Waals surface area contributed by atoms with Crippen LogP contribution >= 0.6 is 11.3 Å². The summed E-state index contributed by atoms with van der Waals surface area (Å²) >= 11 is 1.72. The van der Waals surface area contributed by atoms with Crippen LogP contribution in [0.4, 0.5) is 0 Å². The first kappa shape index (κ1) is 13.6. The Morgan fingerprint density at radius 2 is 2.28 bits per heavy atom. The summed E-state index contributed by atoms with van der Waals surface area (Å²) in [5.41, 5.74) is 5.77. The van der Waals surface area contributed by atoms with Crippen LogP contribution in [0.1, 0.15) is 37.0 Å². The van der Waals surface area contributed by atoms with E-state index in [9.17, 15) is 4.79 Å². The smallest absolute Gasteiger partial charge is 0.220 e. The maximum absolute atomic E-state index is 11.9. The standard InChI is InChI=1S/C14H22N2OS/c15-10-11-4-1-2-6-13(11)16-14(17)8-7-12-5-3-9-18-12/h3,5,9,11,13H,1-2,4,6-8,10,15H2,(H,16,17). The first-order valence-corrected chi connectivity index (χ1v) is 7.69. The number of aryl methyl sites for hydroxylation is 1. The number of nitrogens with one attached hydrogen (secondary N) is 1. The zero-order valence-corrected chi connectivity index (χ0v) is 11.5. The topological polar surface area (TPSA) is 55.1 Å². The van der Waals surface area contributed by atoms with Gasteiger partial charge in [-0.3, -0.25) is 4.79 Å². The van der Waals surface area contributed by atoms with Crippen molar-refractivity contribution in [1.29, 1.82) is 0 Å². The lowest BCUT2D eigenvalue weighted by Crippen LogP contribution is -2.44. The molecule has 2 unspecified atom stereocenters. The molecule has 1 aromatic heterocycles. The number of carbonyl (C=O) groups is 1. The van der Waals surface area contributed by atoms with E-state index in [0.29, 0.717) is 24.9 Å². The minimum atomic E-state index is 0.175. The molecule has 0 bridgehead atoms. The quantitative estimate of drug-likeness (QED) is 0.859. The summed E-state index contributed by atoms with van der Waals surface area (Å²) < 4.78 is 0. The van der Waals surface area contributed by atoms with Gasteiger partial charge in [0.1, 0.15) is 0 Å². The number of thiophene rings is 1. The molecule has 0 spiro atoms. The molecule has 4 heteroatoms. The second kappa shape index (κ2) is 6.90. The van der Waals surface area contributed by atoms with Crippen LogP contribution in [0.15, 0.2) is 17.5 Å². The molecule has 0 radical (unpaired) electrons. The zero-order valence-electron chi connectivity index (χ0n) is 10.7. The molecule has 0 saturated heterocycles. The van der Waals surface area contributed by atoms with Crippen LogP contribution in [0.3, 0.4) is 0 Å². The lowest BCUT2D eigenvalue weighted by Gasteiger charge is -2.31. The van der Waals surface area contributed by atoms with Gasteiger partial charge in [-0.15, -0.1) is 11.3 Å². The van der Waals surface area contributed by atoms with Gasteiger partial charge in [-0.25, -0.2) is 0 Å². The molecule has 1 saturated carbocycles. The van der Waals surface area contributed by atoms with Crippen LogP contribution in [0.2, 0.25) is 0 Å². The molecule has 1 amide bonds. The van der Waals surface area contributed by atoms with Crippen LogP contribution < -0.4 is 11.1 Å². The molecule has 18 heavy (non-hydrogen) atoms. The maximum atomic E-state index is 11.9. The van der Waals surface area contributed by atoms with E-state index >= 15 is 0 Å². The highest BCUT2D eigenvalue weighted by atomic mass is 32.1. The molecule has 2 atom stereocenters. The van der Waals surface area contributed by atoms with Crippen LogP contribution in [-0.4, -0.2) is 18.5 Å². The van der Waals surface area contributed by atoms with Crippen molar-refractivity contribution in [3.8, 4) is 0 Å². The summed E-state index contributed by atoms with van der Waals surface area (Å²) in [4.78, 5) is 13.2. The molecular weight excluding hydrogens is 244 g/mol. The third kappa shape index (κ3) is 3.82. The third-order valence-corrected chi connectivity index (χ3v) is 4.67. The minimum Gasteiger partial charge on any atom is -0.353 e. The first-order valence-electron chi connectivity index (χ1n) is 6.81. The van der Waals surface area contributed by atoms with Gasteiger partial charge < -0.3 is 11.1 Å². The van der Waals surface area contributed by atoms with E-state index in [2.05, 4.69) is 16.8 Å². The van der Waals surface area contributed by atoms with Crippen molar-refractivity contribution in [3.05, 3.63) is 22.4 Å². The number of nitrogens with two attached hydrogens (primary N) is 1. The fourth-order valence-corrected chi connectivity index (χ4v) is 3.36. The molecule has 100 valence electrons.